The molecule has 0 saturated carbocycles. The predicted octanol–water partition coefficient (Wildman–Crippen LogP) is 3.77. The smallest absolute Gasteiger partial charge is 0.309 e. The van der Waals surface area contributed by atoms with E-state index in [9.17, 15) is 13.6 Å². The summed E-state index contributed by atoms with van der Waals surface area (Å²) in [5.41, 5.74) is 0.0199. The lowest BCUT2D eigenvalue weighted by Gasteiger charge is -2.10. The van der Waals surface area contributed by atoms with Crippen molar-refractivity contribution in [1.82, 2.24) is 0 Å². The number of thioether (sulfide) groups is 1. The summed E-state index contributed by atoms with van der Waals surface area (Å²) < 4.78 is 31.8. The second-order valence-electron chi connectivity index (χ2n) is 3.76. The fraction of sp³-hybridized carbons (Fsp3) is 0.417. The maximum Gasteiger partial charge on any atom is 0.309 e. The Bertz CT molecular complexity index is 440. The molecule has 0 fully saturated rings. The number of carbonyl (C=O) groups excluding carboxylic acids is 1. The van der Waals surface area contributed by atoms with Crippen molar-refractivity contribution in [2.24, 2.45) is 5.92 Å². The van der Waals surface area contributed by atoms with E-state index in [1.165, 1.54) is 31.0 Å². The Kier molecular flexibility index (Phi) is 6.08. The van der Waals surface area contributed by atoms with E-state index in [1.54, 1.807) is 6.92 Å². The first-order chi connectivity index (χ1) is 8.47. The van der Waals surface area contributed by atoms with Crippen LogP contribution in [0.5, 0.6) is 0 Å². The third kappa shape index (κ3) is 3.95. The van der Waals surface area contributed by atoms with Crippen LogP contribution < -0.4 is 0 Å². The number of benzene rings is 1. The summed E-state index contributed by atoms with van der Waals surface area (Å²) in [6.45, 7) is 1.71. The number of methoxy groups -OCH3 is 1. The van der Waals surface area contributed by atoms with Gasteiger partial charge in [-0.2, -0.15) is 11.8 Å². The largest absolute Gasteiger partial charge is 0.469 e. The van der Waals surface area contributed by atoms with E-state index in [0.29, 0.717) is 5.75 Å². The summed E-state index contributed by atoms with van der Waals surface area (Å²) in [6.07, 6.45) is 0. The predicted molar refractivity (Wildman–Crippen MR) is 71.4 cm³/mol. The zero-order chi connectivity index (χ0) is 13.7. The molecule has 18 heavy (non-hydrogen) atoms. The minimum Gasteiger partial charge on any atom is -0.469 e. The Balaban J connectivity index is 2.59. The normalized spacial score (nSPS) is 12.3. The number of halogens is 3. The molecule has 1 atom stereocenters. The van der Waals surface area contributed by atoms with Gasteiger partial charge in [-0.05, 0) is 28.1 Å². The highest BCUT2D eigenvalue weighted by Crippen LogP contribution is 2.26. The monoisotopic (exact) mass is 338 g/mol. The Labute approximate surface area is 117 Å². The van der Waals surface area contributed by atoms with E-state index >= 15 is 0 Å². The third-order valence-corrected chi connectivity index (χ3v) is 4.20. The molecule has 0 saturated heterocycles. The quantitative estimate of drug-likeness (QED) is 0.603. The highest BCUT2D eigenvalue weighted by molar-refractivity contribution is 9.10. The summed E-state index contributed by atoms with van der Waals surface area (Å²) >= 11 is 4.30. The van der Waals surface area contributed by atoms with Crippen LogP contribution >= 0.6 is 27.7 Å². The summed E-state index contributed by atoms with van der Waals surface area (Å²) in [5, 5.41) is 0. The number of ether oxygens (including phenoxy) is 1. The lowest BCUT2D eigenvalue weighted by molar-refractivity contribution is -0.143. The third-order valence-electron chi connectivity index (χ3n) is 2.36. The van der Waals surface area contributed by atoms with Crippen molar-refractivity contribution in [2.75, 3.05) is 12.9 Å². The van der Waals surface area contributed by atoms with E-state index < -0.39 is 11.6 Å². The molecule has 0 radical (unpaired) electrons. The molecule has 1 aromatic rings. The van der Waals surface area contributed by atoms with Crippen LogP contribution in [0.25, 0.3) is 0 Å². The van der Waals surface area contributed by atoms with Gasteiger partial charge in [-0.1, -0.05) is 6.92 Å². The Morgan fingerprint density at radius 3 is 2.78 bits per heavy atom. The van der Waals surface area contributed by atoms with Crippen molar-refractivity contribution in [3.05, 3.63) is 33.8 Å². The molecule has 0 aliphatic heterocycles. The number of esters is 1. The lowest BCUT2D eigenvalue weighted by atomic mass is 10.2. The molecule has 0 aromatic heterocycles. The molecule has 1 unspecified atom stereocenters. The van der Waals surface area contributed by atoms with Crippen LogP contribution in [0.3, 0.4) is 0 Å². The molecule has 0 aliphatic rings. The fourth-order valence-corrected chi connectivity index (χ4v) is 2.76. The molecule has 1 rings (SSSR count). The van der Waals surface area contributed by atoms with Gasteiger partial charge in [0.25, 0.3) is 0 Å². The maximum absolute atomic E-state index is 13.6. The van der Waals surface area contributed by atoms with Gasteiger partial charge in [0.15, 0.2) is 0 Å². The fourth-order valence-electron chi connectivity index (χ4n) is 1.31. The van der Waals surface area contributed by atoms with Crippen molar-refractivity contribution < 1.29 is 18.3 Å². The van der Waals surface area contributed by atoms with Crippen molar-refractivity contribution >= 4 is 33.7 Å². The molecule has 0 spiro atoms. The van der Waals surface area contributed by atoms with Crippen molar-refractivity contribution in [2.45, 2.75) is 12.7 Å². The van der Waals surface area contributed by atoms with Crippen LogP contribution in [0.1, 0.15) is 12.5 Å². The van der Waals surface area contributed by atoms with E-state index in [1.807, 2.05) is 0 Å². The molecule has 0 amide bonds. The zero-order valence-electron chi connectivity index (χ0n) is 10.0. The standard InChI is InChI=1S/C12H13BrF2O2S/c1-7(12(16)17-2)5-18-6-8-10(14)4-3-9(13)11(8)15/h3-4,7H,5-6H2,1-2H3. The van der Waals surface area contributed by atoms with E-state index in [0.717, 1.165) is 0 Å². The molecule has 0 aliphatic carbocycles. The summed E-state index contributed by atoms with van der Waals surface area (Å²) in [7, 11) is 1.32. The zero-order valence-corrected chi connectivity index (χ0v) is 12.4. The van der Waals surface area contributed by atoms with Gasteiger partial charge < -0.3 is 4.74 Å². The van der Waals surface area contributed by atoms with Gasteiger partial charge in [0.2, 0.25) is 0 Å². The molecule has 0 bridgehead atoms. The number of hydrogen-bond donors (Lipinski definition) is 0. The van der Waals surface area contributed by atoms with Gasteiger partial charge in [-0.25, -0.2) is 8.78 Å². The van der Waals surface area contributed by atoms with Gasteiger partial charge in [-0.15, -0.1) is 0 Å². The van der Waals surface area contributed by atoms with Crippen molar-refractivity contribution in [3.8, 4) is 0 Å². The van der Waals surface area contributed by atoms with Gasteiger partial charge in [0.05, 0.1) is 17.5 Å². The molecule has 2 nitrogen and oxygen atoms in total. The van der Waals surface area contributed by atoms with Gasteiger partial charge in [-0.3, -0.25) is 4.79 Å². The molecule has 0 N–H and O–H groups in total. The molecular formula is C12H13BrF2O2S. The Morgan fingerprint density at radius 2 is 2.17 bits per heavy atom. The maximum atomic E-state index is 13.6. The van der Waals surface area contributed by atoms with Crippen molar-refractivity contribution in [3.63, 3.8) is 0 Å². The lowest BCUT2D eigenvalue weighted by Crippen LogP contribution is -2.15. The topological polar surface area (TPSA) is 26.3 Å². The second kappa shape index (κ2) is 7.09. The van der Waals surface area contributed by atoms with Crippen LogP contribution in [0.4, 0.5) is 8.78 Å². The summed E-state index contributed by atoms with van der Waals surface area (Å²) in [5.74, 6) is -1.14. The van der Waals surface area contributed by atoms with Crippen LogP contribution in [-0.4, -0.2) is 18.8 Å². The van der Waals surface area contributed by atoms with Gasteiger partial charge >= 0.3 is 5.97 Å². The van der Waals surface area contributed by atoms with E-state index in [2.05, 4.69) is 20.7 Å². The van der Waals surface area contributed by atoms with Gasteiger partial charge in [0.1, 0.15) is 11.6 Å². The Morgan fingerprint density at radius 1 is 1.50 bits per heavy atom. The highest BCUT2D eigenvalue weighted by Gasteiger charge is 2.16. The second-order valence-corrected chi connectivity index (χ2v) is 5.65. The molecule has 0 heterocycles. The summed E-state index contributed by atoms with van der Waals surface area (Å²) in [6, 6.07) is 2.54. The molecule has 6 heteroatoms. The SMILES string of the molecule is COC(=O)C(C)CSCc1c(F)ccc(Br)c1F. The number of carbonyl (C=O) groups is 1. The summed E-state index contributed by atoms with van der Waals surface area (Å²) in [4.78, 5) is 11.2. The minimum absolute atomic E-state index is 0.0199. The first kappa shape index (κ1) is 15.4. The first-order valence-electron chi connectivity index (χ1n) is 5.25. The molecule has 100 valence electrons. The molecular weight excluding hydrogens is 326 g/mol. The van der Waals surface area contributed by atoms with Crippen LogP contribution in [-0.2, 0) is 15.3 Å². The number of rotatable bonds is 5. The van der Waals surface area contributed by atoms with Crippen molar-refractivity contribution in [1.29, 1.82) is 0 Å². The average Bonchev–Trinajstić information content (AvgIpc) is 2.36. The van der Waals surface area contributed by atoms with Crippen LogP contribution in [0, 0.1) is 17.6 Å². The molecule has 1 aromatic carbocycles. The number of hydrogen-bond acceptors (Lipinski definition) is 3. The van der Waals surface area contributed by atoms with E-state index in [-0.39, 0.29) is 27.7 Å². The van der Waals surface area contributed by atoms with Crippen LogP contribution in [0.15, 0.2) is 16.6 Å². The highest BCUT2D eigenvalue weighted by atomic mass is 79.9. The van der Waals surface area contributed by atoms with E-state index in [4.69, 9.17) is 0 Å². The minimum atomic E-state index is -0.590. The Hall–Kier alpha value is -0.620. The van der Waals surface area contributed by atoms with Crippen LogP contribution in [0.2, 0.25) is 0 Å². The van der Waals surface area contributed by atoms with Gasteiger partial charge in [0, 0.05) is 17.1 Å². The average molecular weight is 339 g/mol. The first-order valence-corrected chi connectivity index (χ1v) is 7.20.